The molecule has 0 spiro atoms. The number of nitrogens with zero attached hydrogens (tertiary/aromatic N) is 1. The van der Waals surface area contributed by atoms with Crippen molar-refractivity contribution in [2.45, 2.75) is 33.1 Å². The Morgan fingerprint density at radius 1 is 0.724 bits per heavy atom. The van der Waals surface area contributed by atoms with Crippen LogP contribution in [0.2, 0.25) is 0 Å². The second-order valence-corrected chi connectivity index (χ2v) is 13.4. The molecule has 0 bridgehead atoms. The van der Waals surface area contributed by atoms with Gasteiger partial charge in [-0.1, -0.05) is 36.4 Å². The molecule has 0 radical (unpaired) electrons. The molecule has 5 aromatic rings. The minimum Gasteiger partial charge on any atom is -0.508 e. The van der Waals surface area contributed by atoms with Crippen LogP contribution in [0.4, 0.5) is 17.1 Å². The third-order valence-electron chi connectivity index (χ3n) is 9.13. The Morgan fingerprint density at radius 2 is 1.34 bits per heavy atom. The molecule has 5 aromatic carbocycles. The number of carboxylic acids is 1. The van der Waals surface area contributed by atoms with Crippen molar-refractivity contribution in [3.05, 3.63) is 154 Å². The highest BCUT2D eigenvalue weighted by atomic mass is 16.4. The zero-order chi connectivity index (χ0) is 41.9. The topological polar surface area (TPSA) is 223 Å². The van der Waals surface area contributed by atoms with Gasteiger partial charge in [0.25, 0.3) is 11.8 Å². The van der Waals surface area contributed by atoms with Gasteiger partial charge in [0.05, 0.1) is 12.0 Å². The van der Waals surface area contributed by atoms with Crippen molar-refractivity contribution in [3.8, 4) is 17.6 Å². The lowest BCUT2D eigenvalue weighted by Crippen LogP contribution is -2.25. The number of aromatic carboxylic acids is 1. The minimum atomic E-state index is -1.31. The highest BCUT2D eigenvalue weighted by Crippen LogP contribution is 2.25. The van der Waals surface area contributed by atoms with Crippen molar-refractivity contribution >= 4 is 58.4 Å². The van der Waals surface area contributed by atoms with Gasteiger partial charge in [-0.3, -0.25) is 24.0 Å². The molecule has 0 aliphatic heterocycles. The molecule has 0 aromatic heterocycles. The maximum absolute atomic E-state index is 13.2. The number of allylic oxidation sites excluding steroid dienone is 1. The Bertz CT molecular complexity index is 2470. The van der Waals surface area contributed by atoms with E-state index in [4.69, 9.17) is 5.11 Å². The van der Waals surface area contributed by atoms with Crippen molar-refractivity contribution < 1.29 is 44.1 Å². The van der Waals surface area contributed by atoms with Crippen molar-refractivity contribution in [1.82, 2.24) is 0 Å². The summed E-state index contributed by atoms with van der Waals surface area (Å²) in [7, 11) is 0. The fourth-order valence-electron chi connectivity index (χ4n) is 5.83. The molecule has 0 fully saturated rings. The van der Waals surface area contributed by atoms with Crippen LogP contribution in [0.25, 0.3) is 6.08 Å². The molecule has 1 atom stereocenters. The number of nitrogens with one attached hydrogen (secondary N) is 3. The van der Waals surface area contributed by atoms with Crippen LogP contribution in [0.1, 0.15) is 77.9 Å². The number of aromatic hydroxyl groups is 2. The lowest BCUT2D eigenvalue weighted by atomic mass is 9.94. The molecule has 6 N–H and O–H groups in total. The first kappa shape index (κ1) is 41.3. The first-order valence-electron chi connectivity index (χ1n) is 17.9. The highest BCUT2D eigenvalue weighted by Gasteiger charge is 2.23. The molecular weight excluding hydrogens is 741 g/mol. The number of amides is 3. The number of benzene rings is 5. The van der Waals surface area contributed by atoms with Crippen LogP contribution in [0, 0.1) is 24.2 Å². The summed E-state index contributed by atoms with van der Waals surface area (Å²) in [5.41, 5.74) is 4.10. The summed E-state index contributed by atoms with van der Waals surface area (Å²) in [6, 6.07) is 29.2. The molecular formula is C45H38N4O9. The van der Waals surface area contributed by atoms with E-state index in [0.29, 0.717) is 33.6 Å². The van der Waals surface area contributed by atoms with Gasteiger partial charge in [-0.25, -0.2) is 4.79 Å². The molecule has 5 rings (SSSR count). The summed E-state index contributed by atoms with van der Waals surface area (Å²) in [6.45, 7) is 3.40. The van der Waals surface area contributed by atoms with Gasteiger partial charge in [0, 0.05) is 59.1 Å². The predicted octanol–water partition coefficient (Wildman–Crippen LogP) is 7.57. The standard InChI is InChI=1S/C45H38N4O9/c1-26-22-32(43(55)48-35-14-17-37(45(57)58)41(53)25-35)11-18-38(26)49-42(54)31-9-12-34(13-10-31)47-44(56)33(19-20-46)24-40(52)30-7-3-29(4-8-30)23-39(51)27(2)21-28-5-15-36(50)16-6-28/h3-18,21-22,25,33,50,53H,19,23-24H2,1-2H3,(H,47,56)(H,48,55)(H,49,54)(H,57,58)/b27-21+/t33-/m1/s1. The maximum atomic E-state index is 13.2. The molecule has 58 heavy (non-hydrogen) atoms. The van der Waals surface area contributed by atoms with Crippen molar-refractivity contribution in [1.29, 1.82) is 5.26 Å². The molecule has 0 heterocycles. The van der Waals surface area contributed by atoms with Gasteiger partial charge in [-0.2, -0.15) is 5.26 Å². The zero-order valence-corrected chi connectivity index (χ0v) is 31.4. The van der Waals surface area contributed by atoms with E-state index >= 15 is 0 Å². The Labute approximate surface area is 333 Å². The van der Waals surface area contributed by atoms with Crippen LogP contribution in [0.3, 0.4) is 0 Å². The fourth-order valence-corrected chi connectivity index (χ4v) is 5.83. The van der Waals surface area contributed by atoms with Gasteiger partial charge >= 0.3 is 5.97 Å². The minimum absolute atomic E-state index is 0.106. The normalized spacial score (nSPS) is 11.4. The number of rotatable bonds is 15. The molecule has 292 valence electrons. The summed E-state index contributed by atoms with van der Waals surface area (Å²) < 4.78 is 0. The summed E-state index contributed by atoms with van der Waals surface area (Å²) in [5.74, 6) is -4.60. The first-order valence-corrected chi connectivity index (χ1v) is 17.9. The van der Waals surface area contributed by atoms with E-state index in [1.54, 1.807) is 68.5 Å². The van der Waals surface area contributed by atoms with E-state index in [9.17, 15) is 44.2 Å². The summed E-state index contributed by atoms with van der Waals surface area (Å²) >= 11 is 0. The number of nitriles is 1. The van der Waals surface area contributed by atoms with Gasteiger partial charge in [0.1, 0.15) is 17.1 Å². The Hall–Kier alpha value is -7.85. The van der Waals surface area contributed by atoms with Crippen LogP contribution in [0.15, 0.2) is 115 Å². The van der Waals surface area contributed by atoms with Gasteiger partial charge in [-0.05, 0) is 109 Å². The van der Waals surface area contributed by atoms with Crippen LogP contribution in [0.5, 0.6) is 11.5 Å². The van der Waals surface area contributed by atoms with E-state index in [1.165, 1.54) is 54.6 Å². The van der Waals surface area contributed by atoms with E-state index in [2.05, 4.69) is 16.0 Å². The Morgan fingerprint density at radius 3 is 1.97 bits per heavy atom. The van der Waals surface area contributed by atoms with Crippen molar-refractivity contribution in [2.24, 2.45) is 5.92 Å². The molecule has 0 aliphatic carbocycles. The highest BCUT2D eigenvalue weighted by molar-refractivity contribution is 6.08. The lowest BCUT2D eigenvalue weighted by molar-refractivity contribution is -0.119. The summed E-state index contributed by atoms with van der Waals surface area (Å²) in [6.07, 6.45) is 1.41. The number of hydrogen-bond acceptors (Lipinski definition) is 9. The monoisotopic (exact) mass is 778 g/mol. The number of anilines is 3. The van der Waals surface area contributed by atoms with Crippen molar-refractivity contribution in [2.75, 3.05) is 16.0 Å². The Kier molecular flexibility index (Phi) is 13.3. The summed E-state index contributed by atoms with van der Waals surface area (Å²) in [5, 5.41) is 45.9. The largest absolute Gasteiger partial charge is 0.508 e. The molecule has 13 heteroatoms. The number of hydrogen-bond donors (Lipinski definition) is 6. The van der Waals surface area contributed by atoms with Crippen LogP contribution >= 0.6 is 0 Å². The number of aryl methyl sites for hydroxylation is 1. The average molecular weight is 779 g/mol. The third-order valence-corrected chi connectivity index (χ3v) is 9.13. The van der Waals surface area contributed by atoms with Crippen LogP contribution in [-0.4, -0.2) is 50.6 Å². The smallest absolute Gasteiger partial charge is 0.339 e. The van der Waals surface area contributed by atoms with Crippen LogP contribution in [-0.2, 0) is 16.0 Å². The third kappa shape index (κ3) is 10.9. The number of carbonyl (C=O) groups excluding carboxylic acids is 5. The molecule has 0 aliphatic rings. The Balaban J connectivity index is 1.13. The van der Waals surface area contributed by atoms with E-state index < -0.39 is 35.4 Å². The number of ketones is 2. The van der Waals surface area contributed by atoms with Crippen molar-refractivity contribution in [3.63, 3.8) is 0 Å². The number of carboxylic acid groups (broad SMARTS) is 1. The van der Waals surface area contributed by atoms with Gasteiger partial charge < -0.3 is 31.3 Å². The van der Waals surface area contributed by atoms with Gasteiger partial charge in [-0.15, -0.1) is 0 Å². The quantitative estimate of drug-likeness (QED) is 0.0452. The second-order valence-electron chi connectivity index (χ2n) is 13.4. The van der Waals surface area contributed by atoms with E-state index in [1.807, 2.05) is 6.07 Å². The predicted molar refractivity (Wildman–Crippen MR) is 217 cm³/mol. The van der Waals surface area contributed by atoms with Gasteiger partial charge in [0.2, 0.25) is 5.91 Å². The van der Waals surface area contributed by atoms with Crippen LogP contribution < -0.4 is 16.0 Å². The van der Waals surface area contributed by atoms with E-state index in [0.717, 1.165) is 11.6 Å². The lowest BCUT2D eigenvalue weighted by Gasteiger charge is -2.14. The molecule has 3 amide bonds. The molecule has 0 unspecified atom stereocenters. The number of Topliss-reactive ketones (excluding diaryl/α,β-unsaturated/α-hetero) is 2. The molecule has 13 nitrogen and oxygen atoms in total. The summed E-state index contributed by atoms with van der Waals surface area (Å²) in [4.78, 5) is 76.1. The molecule has 0 saturated carbocycles. The number of phenolic OH excluding ortho intramolecular Hbond substituents is 1. The van der Waals surface area contributed by atoms with Gasteiger partial charge in [0.15, 0.2) is 11.6 Å². The second kappa shape index (κ2) is 18.7. The number of carbonyl (C=O) groups is 6. The zero-order valence-electron chi connectivity index (χ0n) is 31.4. The molecule has 0 saturated heterocycles. The SMILES string of the molecule is C/C(=C\c1ccc(O)cc1)C(=O)Cc1ccc(C(=O)C[C@@H](CC#N)C(=O)Nc2ccc(C(=O)Nc3ccc(C(=O)Nc4ccc(C(=O)O)c(O)c4)cc3C)cc2)cc1. The maximum Gasteiger partial charge on any atom is 0.339 e. The fraction of sp³-hybridized carbons (Fsp3) is 0.133. The van der Waals surface area contributed by atoms with E-state index in [-0.39, 0.29) is 59.0 Å². The first-order chi connectivity index (χ1) is 27.7. The average Bonchev–Trinajstić information content (AvgIpc) is 3.19. The number of phenols is 2.